The molecule has 1 saturated carbocycles. The van der Waals surface area contributed by atoms with Crippen molar-refractivity contribution in [1.82, 2.24) is 19.5 Å². The summed E-state index contributed by atoms with van der Waals surface area (Å²) in [5.41, 5.74) is 9.49. The highest BCUT2D eigenvalue weighted by molar-refractivity contribution is 9.10. The second kappa shape index (κ2) is 7.40. The summed E-state index contributed by atoms with van der Waals surface area (Å²) in [6, 6.07) is 4.01. The first kappa shape index (κ1) is 18.7. The molecule has 1 fully saturated rings. The monoisotopic (exact) mass is 447 g/mol. The molecule has 4 rings (SSSR count). The minimum absolute atomic E-state index is 0.313. The molecule has 3 aromatic heterocycles. The molecule has 0 saturated heterocycles. The van der Waals surface area contributed by atoms with E-state index >= 15 is 0 Å². The van der Waals surface area contributed by atoms with Crippen LogP contribution in [0.15, 0.2) is 29.3 Å². The van der Waals surface area contributed by atoms with Gasteiger partial charge in [0.25, 0.3) is 0 Å². The molecule has 1 unspecified atom stereocenters. The lowest BCUT2D eigenvalue weighted by Gasteiger charge is -2.32. The van der Waals surface area contributed by atoms with Gasteiger partial charge < -0.3 is 10.3 Å². The predicted molar refractivity (Wildman–Crippen MR) is 114 cm³/mol. The molecule has 0 aliphatic heterocycles. The first-order chi connectivity index (χ1) is 12.9. The van der Waals surface area contributed by atoms with E-state index in [-0.39, 0.29) is 0 Å². The predicted octanol–water partition coefficient (Wildman–Crippen LogP) is 5.88. The molecular formula is C20H23BrClN5. The molecule has 1 aliphatic rings. The summed E-state index contributed by atoms with van der Waals surface area (Å²) in [7, 11) is 0. The van der Waals surface area contributed by atoms with Gasteiger partial charge in [-0.05, 0) is 53.6 Å². The van der Waals surface area contributed by atoms with Gasteiger partial charge in [0, 0.05) is 30.1 Å². The van der Waals surface area contributed by atoms with Crippen LogP contribution in [-0.4, -0.2) is 19.5 Å². The number of fused-ring (bicyclic) bond motifs is 1. The zero-order chi connectivity index (χ0) is 19.1. The van der Waals surface area contributed by atoms with Crippen LogP contribution in [0.3, 0.4) is 0 Å². The SMILES string of the molecule is CC1CCC(C(C)n2c(Br)nc3cc(N)nc(-c4cncc(Cl)c4)c32)CC1. The fraction of sp³-hybridized carbons (Fsp3) is 0.450. The molecule has 0 bridgehead atoms. The number of aromatic nitrogens is 4. The largest absolute Gasteiger partial charge is 0.384 e. The number of nitrogens with two attached hydrogens (primary N) is 1. The van der Waals surface area contributed by atoms with Gasteiger partial charge in [-0.1, -0.05) is 31.4 Å². The van der Waals surface area contributed by atoms with Gasteiger partial charge in [-0.2, -0.15) is 0 Å². The number of imidazole rings is 1. The van der Waals surface area contributed by atoms with E-state index in [1.165, 1.54) is 25.7 Å². The van der Waals surface area contributed by atoms with Crippen molar-refractivity contribution in [3.05, 3.63) is 34.3 Å². The Morgan fingerprint density at radius 3 is 2.63 bits per heavy atom. The summed E-state index contributed by atoms with van der Waals surface area (Å²) in [6.45, 7) is 4.63. The third kappa shape index (κ3) is 3.57. The lowest BCUT2D eigenvalue weighted by molar-refractivity contribution is 0.226. The van der Waals surface area contributed by atoms with Crippen LogP contribution in [0.25, 0.3) is 22.3 Å². The van der Waals surface area contributed by atoms with E-state index in [2.05, 4.69) is 44.3 Å². The Labute approximate surface area is 172 Å². The van der Waals surface area contributed by atoms with Crippen LogP contribution in [0.1, 0.15) is 45.6 Å². The van der Waals surface area contributed by atoms with Crippen molar-refractivity contribution in [3.8, 4) is 11.3 Å². The van der Waals surface area contributed by atoms with Crippen molar-refractivity contribution < 1.29 is 0 Å². The maximum Gasteiger partial charge on any atom is 0.178 e. The summed E-state index contributed by atoms with van der Waals surface area (Å²) in [5.74, 6) is 1.89. The zero-order valence-electron chi connectivity index (χ0n) is 15.5. The number of rotatable bonds is 3. The number of hydrogen-bond acceptors (Lipinski definition) is 4. The van der Waals surface area contributed by atoms with Crippen LogP contribution in [0.5, 0.6) is 0 Å². The van der Waals surface area contributed by atoms with Gasteiger partial charge in [0.2, 0.25) is 0 Å². The molecule has 5 nitrogen and oxygen atoms in total. The maximum absolute atomic E-state index is 6.18. The normalized spacial score (nSPS) is 21.5. The molecule has 0 spiro atoms. The summed E-state index contributed by atoms with van der Waals surface area (Å²) in [4.78, 5) is 13.6. The van der Waals surface area contributed by atoms with Crippen molar-refractivity contribution in [3.63, 3.8) is 0 Å². The summed E-state index contributed by atoms with van der Waals surface area (Å²) in [5, 5.41) is 0.573. The molecule has 0 amide bonds. The van der Waals surface area contributed by atoms with Crippen molar-refractivity contribution >= 4 is 44.4 Å². The van der Waals surface area contributed by atoms with Crippen molar-refractivity contribution in [2.75, 3.05) is 5.73 Å². The van der Waals surface area contributed by atoms with Gasteiger partial charge >= 0.3 is 0 Å². The summed E-state index contributed by atoms with van der Waals surface area (Å²) in [6.07, 6.45) is 8.44. The molecule has 1 aliphatic carbocycles. The Morgan fingerprint density at radius 1 is 1.19 bits per heavy atom. The standard InChI is InChI=1S/C20H23BrClN5/c1-11-3-5-13(6-4-11)12(2)27-19-16(25-20(27)21)8-17(23)26-18(19)14-7-15(22)10-24-9-14/h7-13H,3-6H2,1-2H3,(H2,23,26). The molecule has 3 aromatic rings. The molecule has 27 heavy (non-hydrogen) atoms. The molecule has 2 N–H and O–H groups in total. The molecule has 0 aromatic carbocycles. The number of anilines is 1. The first-order valence-electron chi connectivity index (χ1n) is 9.39. The Kier molecular flexibility index (Phi) is 5.12. The average molecular weight is 449 g/mol. The third-order valence-corrected chi connectivity index (χ3v) is 6.54. The Bertz CT molecular complexity index is 978. The van der Waals surface area contributed by atoms with Crippen LogP contribution in [0.2, 0.25) is 5.02 Å². The number of halogens is 2. The minimum atomic E-state index is 0.313. The third-order valence-electron chi connectivity index (χ3n) is 5.77. The molecular weight excluding hydrogens is 426 g/mol. The molecule has 0 radical (unpaired) electrons. The van der Waals surface area contributed by atoms with Crippen molar-refractivity contribution in [1.29, 1.82) is 0 Å². The smallest absolute Gasteiger partial charge is 0.178 e. The first-order valence-corrected chi connectivity index (χ1v) is 10.6. The fourth-order valence-corrected chi connectivity index (χ4v) is 5.07. The second-order valence-electron chi connectivity index (χ2n) is 7.67. The molecule has 7 heteroatoms. The fourth-order valence-electron chi connectivity index (χ4n) is 4.21. The number of pyridine rings is 2. The summed E-state index contributed by atoms with van der Waals surface area (Å²) < 4.78 is 3.07. The molecule has 142 valence electrons. The maximum atomic E-state index is 6.18. The number of nitrogens with zero attached hydrogens (tertiary/aromatic N) is 4. The quantitative estimate of drug-likeness (QED) is 0.543. The van der Waals surface area contributed by atoms with E-state index in [1.807, 2.05) is 12.1 Å². The average Bonchev–Trinajstić information content (AvgIpc) is 2.96. The van der Waals surface area contributed by atoms with Gasteiger partial charge in [0.15, 0.2) is 4.73 Å². The van der Waals surface area contributed by atoms with E-state index in [9.17, 15) is 0 Å². The van der Waals surface area contributed by atoms with Crippen molar-refractivity contribution in [2.45, 2.75) is 45.6 Å². The second-order valence-corrected chi connectivity index (χ2v) is 8.81. The van der Waals surface area contributed by atoms with Crippen LogP contribution < -0.4 is 5.73 Å². The van der Waals surface area contributed by atoms with Gasteiger partial charge in [0.1, 0.15) is 11.5 Å². The van der Waals surface area contributed by atoms with E-state index < -0.39 is 0 Å². The highest BCUT2D eigenvalue weighted by Gasteiger charge is 2.28. The van der Waals surface area contributed by atoms with Crippen LogP contribution in [0.4, 0.5) is 5.82 Å². The lowest BCUT2D eigenvalue weighted by atomic mass is 9.79. The van der Waals surface area contributed by atoms with E-state index in [0.29, 0.717) is 22.8 Å². The van der Waals surface area contributed by atoms with Crippen LogP contribution in [0, 0.1) is 11.8 Å². The van der Waals surface area contributed by atoms with Gasteiger partial charge in [-0.15, -0.1) is 0 Å². The Hall–Kier alpha value is -1.66. The van der Waals surface area contributed by atoms with Crippen LogP contribution in [-0.2, 0) is 0 Å². The topological polar surface area (TPSA) is 69.6 Å². The lowest BCUT2D eigenvalue weighted by Crippen LogP contribution is -2.22. The van der Waals surface area contributed by atoms with E-state index in [0.717, 1.165) is 32.9 Å². The van der Waals surface area contributed by atoms with Gasteiger partial charge in [-0.25, -0.2) is 9.97 Å². The highest BCUT2D eigenvalue weighted by Crippen LogP contribution is 2.40. The van der Waals surface area contributed by atoms with E-state index in [1.54, 1.807) is 12.4 Å². The Balaban J connectivity index is 1.87. The van der Waals surface area contributed by atoms with Gasteiger partial charge in [-0.3, -0.25) is 4.98 Å². The number of hydrogen-bond donors (Lipinski definition) is 1. The van der Waals surface area contributed by atoms with Gasteiger partial charge in [0.05, 0.1) is 16.1 Å². The highest BCUT2D eigenvalue weighted by atomic mass is 79.9. The van der Waals surface area contributed by atoms with E-state index in [4.69, 9.17) is 22.3 Å². The van der Waals surface area contributed by atoms with Crippen LogP contribution >= 0.6 is 27.5 Å². The Morgan fingerprint density at radius 2 is 1.93 bits per heavy atom. The summed E-state index contributed by atoms with van der Waals surface area (Å²) >= 11 is 9.85. The number of nitrogen functional groups attached to an aromatic ring is 1. The minimum Gasteiger partial charge on any atom is -0.384 e. The van der Waals surface area contributed by atoms with Crippen molar-refractivity contribution in [2.24, 2.45) is 11.8 Å². The zero-order valence-corrected chi connectivity index (χ0v) is 17.8. The molecule has 1 atom stereocenters. The molecule has 3 heterocycles.